The molecule has 0 radical (unpaired) electrons. The molecule has 1 atom stereocenters. The van der Waals surface area contributed by atoms with E-state index in [9.17, 15) is 15.0 Å². The molecule has 16 heavy (non-hydrogen) atoms. The molecule has 1 rings (SSSR count). The molecule has 0 aliphatic rings. The van der Waals surface area contributed by atoms with Crippen LogP contribution in [0, 0.1) is 0 Å². The SMILES string of the molecule is CCCC(C)NC(=O)c1c(O)cccc1O. The van der Waals surface area contributed by atoms with Crippen LogP contribution in [0.15, 0.2) is 18.2 Å². The second-order valence-corrected chi connectivity index (χ2v) is 3.83. The summed E-state index contributed by atoms with van der Waals surface area (Å²) in [6, 6.07) is 4.26. The van der Waals surface area contributed by atoms with Crippen LogP contribution in [0.3, 0.4) is 0 Å². The standard InChI is InChI=1S/C12H17NO3/c1-3-5-8(2)13-12(16)11-9(14)6-4-7-10(11)15/h4,6-8,14-15H,3,5H2,1-2H3,(H,13,16). The van der Waals surface area contributed by atoms with Gasteiger partial charge in [-0.1, -0.05) is 19.4 Å². The quantitative estimate of drug-likeness (QED) is 0.731. The van der Waals surface area contributed by atoms with Gasteiger partial charge >= 0.3 is 0 Å². The van der Waals surface area contributed by atoms with E-state index in [2.05, 4.69) is 5.32 Å². The maximum Gasteiger partial charge on any atom is 0.259 e. The van der Waals surface area contributed by atoms with Crippen molar-refractivity contribution in [1.29, 1.82) is 0 Å². The average molecular weight is 223 g/mol. The van der Waals surface area contributed by atoms with E-state index in [1.54, 1.807) is 0 Å². The lowest BCUT2D eigenvalue weighted by Gasteiger charge is -2.13. The van der Waals surface area contributed by atoms with E-state index in [4.69, 9.17) is 0 Å². The first-order valence-electron chi connectivity index (χ1n) is 5.38. The van der Waals surface area contributed by atoms with Gasteiger partial charge in [-0.15, -0.1) is 0 Å². The predicted molar refractivity (Wildman–Crippen MR) is 61.6 cm³/mol. The fourth-order valence-corrected chi connectivity index (χ4v) is 1.56. The molecule has 1 aromatic rings. The Morgan fingerprint density at radius 3 is 2.44 bits per heavy atom. The van der Waals surface area contributed by atoms with E-state index in [-0.39, 0.29) is 23.1 Å². The van der Waals surface area contributed by atoms with E-state index < -0.39 is 5.91 Å². The number of phenolic OH excluding ortho intramolecular Hbond substituents is 2. The predicted octanol–water partition coefficient (Wildman–Crippen LogP) is 2.02. The Morgan fingerprint density at radius 2 is 1.94 bits per heavy atom. The van der Waals surface area contributed by atoms with Gasteiger partial charge in [0.05, 0.1) is 0 Å². The smallest absolute Gasteiger partial charge is 0.259 e. The van der Waals surface area contributed by atoms with E-state index >= 15 is 0 Å². The number of nitrogens with one attached hydrogen (secondary N) is 1. The van der Waals surface area contributed by atoms with Gasteiger partial charge in [-0.2, -0.15) is 0 Å². The highest BCUT2D eigenvalue weighted by Crippen LogP contribution is 2.25. The minimum atomic E-state index is -0.448. The molecule has 0 aliphatic carbocycles. The molecule has 4 heteroatoms. The molecular formula is C12H17NO3. The summed E-state index contributed by atoms with van der Waals surface area (Å²) < 4.78 is 0. The molecule has 0 heterocycles. The minimum Gasteiger partial charge on any atom is -0.507 e. The van der Waals surface area contributed by atoms with Gasteiger partial charge in [0.25, 0.3) is 5.91 Å². The Morgan fingerprint density at radius 1 is 1.38 bits per heavy atom. The number of phenols is 2. The van der Waals surface area contributed by atoms with E-state index in [1.165, 1.54) is 18.2 Å². The van der Waals surface area contributed by atoms with Crippen molar-refractivity contribution in [2.24, 2.45) is 0 Å². The van der Waals surface area contributed by atoms with Gasteiger partial charge < -0.3 is 15.5 Å². The Hall–Kier alpha value is -1.71. The molecule has 0 bridgehead atoms. The van der Waals surface area contributed by atoms with Crippen molar-refractivity contribution < 1.29 is 15.0 Å². The molecule has 4 nitrogen and oxygen atoms in total. The zero-order valence-electron chi connectivity index (χ0n) is 9.53. The Balaban J connectivity index is 2.80. The Labute approximate surface area is 94.9 Å². The lowest BCUT2D eigenvalue weighted by atomic mass is 10.1. The summed E-state index contributed by atoms with van der Waals surface area (Å²) in [6.45, 7) is 3.92. The third-order valence-electron chi connectivity index (χ3n) is 2.35. The van der Waals surface area contributed by atoms with E-state index in [1.807, 2.05) is 13.8 Å². The summed E-state index contributed by atoms with van der Waals surface area (Å²) in [5.41, 5.74) is -0.0644. The normalized spacial score (nSPS) is 12.1. The van der Waals surface area contributed by atoms with E-state index in [0.717, 1.165) is 12.8 Å². The van der Waals surface area contributed by atoms with Crippen molar-refractivity contribution in [3.05, 3.63) is 23.8 Å². The lowest BCUT2D eigenvalue weighted by molar-refractivity contribution is 0.0933. The monoisotopic (exact) mass is 223 g/mol. The lowest BCUT2D eigenvalue weighted by Crippen LogP contribution is -2.32. The number of hydrogen-bond acceptors (Lipinski definition) is 3. The van der Waals surface area contributed by atoms with Gasteiger partial charge in [-0.05, 0) is 25.5 Å². The van der Waals surface area contributed by atoms with E-state index in [0.29, 0.717) is 0 Å². The molecule has 0 spiro atoms. The molecule has 0 saturated carbocycles. The molecule has 1 unspecified atom stereocenters. The van der Waals surface area contributed by atoms with Crippen LogP contribution in [0.5, 0.6) is 11.5 Å². The maximum absolute atomic E-state index is 11.7. The largest absolute Gasteiger partial charge is 0.507 e. The van der Waals surface area contributed by atoms with Gasteiger partial charge in [0.15, 0.2) is 0 Å². The third-order valence-corrected chi connectivity index (χ3v) is 2.35. The summed E-state index contributed by atoms with van der Waals surface area (Å²) in [4.78, 5) is 11.7. The molecule has 88 valence electrons. The van der Waals surface area contributed by atoms with Crippen molar-refractivity contribution in [1.82, 2.24) is 5.32 Å². The highest BCUT2D eigenvalue weighted by atomic mass is 16.3. The van der Waals surface area contributed by atoms with Crippen LogP contribution < -0.4 is 5.32 Å². The fraction of sp³-hybridized carbons (Fsp3) is 0.417. The number of benzene rings is 1. The highest BCUT2D eigenvalue weighted by molar-refractivity contribution is 5.99. The summed E-state index contributed by atoms with van der Waals surface area (Å²) in [5.74, 6) is -0.862. The van der Waals surface area contributed by atoms with Gasteiger partial charge in [0.2, 0.25) is 0 Å². The second-order valence-electron chi connectivity index (χ2n) is 3.83. The molecule has 0 aliphatic heterocycles. The first kappa shape index (κ1) is 12.4. The number of rotatable bonds is 4. The van der Waals surface area contributed by atoms with Gasteiger partial charge in [0, 0.05) is 6.04 Å². The first-order chi connectivity index (χ1) is 7.56. The number of carbonyl (C=O) groups excluding carboxylic acids is 1. The van der Waals surface area contributed by atoms with Crippen molar-refractivity contribution in [3.63, 3.8) is 0 Å². The number of amides is 1. The average Bonchev–Trinajstić information content (AvgIpc) is 2.17. The van der Waals surface area contributed by atoms with Crippen molar-refractivity contribution in [2.45, 2.75) is 32.7 Å². The van der Waals surface area contributed by atoms with Crippen LogP contribution in [0.4, 0.5) is 0 Å². The maximum atomic E-state index is 11.7. The second kappa shape index (κ2) is 5.39. The first-order valence-corrected chi connectivity index (χ1v) is 5.38. The Bertz CT molecular complexity index is 356. The molecule has 0 saturated heterocycles. The van der Waals surface area contributed by atoms with Crippen molar-refractivity contribution >= 4 is 5.91 Å². The summed E-state index contributed by atoms with van der Waals surface area (Å²) in [5, 5.41) is 21.7. The minimum absolute atomic E-state index is 0.0245. The van der Waals surface area contributed by atoms with Crippen molar-refractivity contribution in [2.75, 3.05) is 0 Å². The number of carbonyl (C=O) groups is 1. The van der Waals surface area contributed by atoms with Crippen LogP contribution in [-0.4, -0.2) is 22.2 Å². The molecule has 3 N–H and O–H groups in total. The van der Waals surface area contributed by atoms with Crippen LogP contribution >= 0.6 is 0 Å². The molecular weight excluding hydrogens is 206 g/mol. The van der Waals surface area contributed by atoms with Crippen molar-refractivity contribution in [3.8, 4) is 11.5 Å². The van der Waals surface area contributed by atoms with Gasteiger partial charge in [0.1, 0.15) is 17.1 Å². The van der Waals surface area contributed by atoms with Crippen LogP contribution in [0.25, 0.3) is 0 Å². The van der Waals surface area contributed by atoms with Gasteiger partial charge in [-0.25, -0.2) is 0 Å². The molecule has 1 amide bonds. The topological polar surface area (TPSA) is 69.6 Å². The molecule has 0 aromatic heterocycles. The zero-order chi connectivity index (χ0) is 12.1. The molecule has 1 aromatic carbocycles. The van der Waals surface area contributed by atoms with Crippen LogP contribution in [-0.2, 0) is 0 Å². The number of hydrogen-bond donors (Lipinski definition) is 3. The van der Waals surface area contributed by atoms with Crippen LogP contribution in [0.2, 0.25) is 0 Å². The van der Waals surface area contributed by atoms with Crippen LogP contribution in [0.1, 0.15) is 37.0 Å². The fourth-order valence-electron chi connectivity index (χ4n) is 1.56. The molecule has 0 fully saturated rings. The Kier molecular flexibility index (Phi) is 4.17. The summed E-state index contributed by atoms with van der Waals surface area (Å²) >= 11 is 0. The number of aromatic hydroxyl groups is 2. The zero-order valence-corrected chi connectivity index (χ0v) is 9.53. The summed E-state index contributed by atoms with van der Waals surface area (Å²) in [6.07, 6.45) is 1.83. The van der Waals surface area contributed by atoms with Gasteiger partial charge in [-0.3, -0.25) is 4.79 Å². The highest BCUT2D eigenvalue weighted by Gasteiger charge is 2.17. The summed E-state index contributed by atoms with van der Waals surface area (Å²) in [7, 11) is 0. The third kappa shape index (κ3) is 2.89.